The summed E-state index contributed by atoms with van der Waals surface area (Å²) < 4.78 is 199. The molecule has 2 unspecified atom stereocenters. The van der Waals surface area contributed by atoms with Gasteiger partial charge in [-0.3, -0.25) is 23.5 Å². The van der Waals surface area contributed by atoms with Crippen LogP contribution in [0, 0.1) is 34.8 Å². The van der Waals surface area contributed by atoms with E-state index in [1.165, 1.54) is 58.9 Å². The third-order valence-electron chi connectivity index (χ3n) is 11.9. The molecule has 388 valence electrons. The first kappa shape index (κ1) is 54.2. The summed E-state index contributed by atoms with van der Waals surface area (Å²) in [6, 6.07) is 5.28. The van der Waals surface area contributed by atoms with E-state index in [1.807, 2.05) is 0 Å². The van der Waals surface area contributed by atoms with Gasteiger partial charge in [0.2, 0.25) is 17.2 Å². The lowest BCUT2D eigenvalue weighted by Crippen LogP contribution is -2.35. The van der Waals surface area contributed by atoms with Crippen molar-refractivity contribution in [2.45, 2.75) is 102 Å². The molecule has 27 heteroatoms. The predicted octanol–water partition coefficient (Wildman–Crippen LogP) is 8.78. The van der Waals surface area contributed by atoms with E-state index >= 15 is 8.78 Å². The maximum absolute atomic E-state index is 15.6. The zero-order chi connectivity index (χ0) is 53.4. The van der Waals surface area contributed by atoms with Crippen LogP contribution < -0.4 is 5.32 Å². The highest BCUT2D eigenvalue weighted by atomic mass is 35.5. The van der Waals surface area contributed by atoms with Crippen molar-refractivity contribution in [3.05, 3.63) is 98.7 Å². The maximum Gasteiger partial charge on any atom is 0.435 e. The maximum atomic E-state index is 15.6. The first-order chi connectivity index (χ1) is 33.1. The van der Waals surface area contributed by atoms with Crippen LogP contribution in [0.25, 0.3) is 22.0 Å². The van der Waals surface area contributed by atoms with Gasteiger partial charge >= 0.3 is 18.3 Å². The normalized spacial score (nSPS) is 17.5. The van der Waals surface area contributed by atoms with Gasteiger partial charge in [0.05, 0.1) is 39.9 Å². The van der Waals surface area contributed by atoms with E-state index in [0.717, 1.165) is 18.4 Å². The van der Waals surface area contributed by atoms with Crippen molar-refractivity contribution in [2.75, 3.05) is 13.0 Å². The number of fused-ring (bicyclic) bond motifs is 4. The minimum absolute atomic E-state index is 0.200. The molecule has 0 spiro atoms. The van der Waals surface area contributed by atoms with Crippen LogP contribution in [0.3, 0.4) is 0 Å². The van der Waals surface area contributed by atoms with E-state index in [9.17, 15) is 61.9 Å². The van der Waals surface area contributed by atoms with Gasteiger partial charge in [-0.15, -0.1) is 0 Å². The van der Waals surface area contributed by atoms with Crippen LogP contribution in [0.5, 0.6) is 0 Å². The van der Waals surface area contributed by atoms with Crippen molar-refractivity contribution in [3.8, 4) is 23.0 Å². The molecule has 7 rings (SSSR count). The molecule has 2 aliphatic carbocycles. The van der Waals surface area contributed by atoms with Gasteiger partial charge in [0.15, 0.2) is 22.3 Å². The van der Waals surface area contributed by atoms with Crippen LogP contribution in [-0.4, -0.2) is 81.8 Å². The Hall–Kier alpha value is -5.62. The molecular formula is C45H42ClF10N7O7S2. The number of halogens is 11. The number of carbonyl (C=O) groups is 2. The highest BCUT2D eigenvalue weighted by Gasteiger charge is 2.68. The Morgan fingerprint density at radius 1 is 1.00 bits per heavy atom. The van der Waals surface area contributed by atoms with Crippen LogP contribution in [0.1, 0.15) is 92.6 Å². The van der Waals surface area contributed by atoms with Crippen molar-refractivity contribution < 1.29 is 75.4 Å². The molecule has 2 N–H and O–H groups in total. The van der Waals surface area contributed by atoms with Gasteiger partial charge in [0.1, 0.15) is 40.9 Å². The van der Waals surface area contributed by atoms with Crippen molar-refractivity contribution in [3.63, 3.8) is 0 Å². The van der Waals surface area contributed by atoms with Crippen LogP contribution in [0.4, 0.5) is 43.9 Å². The molecule has 72 heavy (non-hydrogen) atoms. The minimum atomic E-state index is -5.20. The summed E-state index contributed by atoms with van der Waals surface area (Å²) >= 11 is 3.73. The monoisotopic (exact) mass is 1080 g/mol. The second-order valence-corrected chi connectivity index (χ2v) is 22.8. The van der Waals surface area contributed by atoms with Gasteiger partial charge in [-0.25, -0.2) is 26.4 Å². The van der Waals surface area contributed by atoms with Gasteiger partial charge < -0.3 is 10.1 Å². The summed E-state index contributed by atoms with van der Waals surface area (Å²) in [6.07, 6.45) is -10.2. The molecular weight excluding hydrogens is 1040 g/mol. The number of carbonyl (C=O) groups excluding carboxylic acids is 2. The van der Waals surface area contributed by atoms with Gasteiger partial charge in [0, 0.05) is 40.3 Å². The lowest BCUT2D eigenvalue weighted by molar-refractivity contribution is -0.156. The molecule has 3 aromatic heterocycles. The second-order valence-electron chi connectivity index (χ2n) is 18.8. The van der Waals surface area contributed by atoms with Crippen LogP contribution in [-0.2, 0) is 73.6 Å². The average molecular weight is 1080 g/mol. The standard InChI is InChI=1S/C45H42ClF10N7O7S2/c1-41(2,3)40(65)70-21-61(71(66)67)18-32-35-30(46)10-9-27(37(35)63(59-32)20-43(49,50)51)26-8-7-25(11-12-42(4,5)72(6,68)69)57-36(26)31(15-22-13-23(47)16-24(48)14-22)58-33(64)19-62-39-34(38(60-62)45(54,55)56)28-17-29(28)44(39,52)53/h7-10,13-14,16,28-29,31H,15,17-21H2,1-6H3,(H,58,64)(H,66,67)/t28-,29+,31?/m0/s1. The van der Waals surface area contributed by atoms with Gasteiger partial charge in [-0.1, -0.05) is 23.6 Å². The molecule has 1 fully saturated rings. The number of ether oxygens (including phenoxy) is 1. The molecule has 2 aliphatic rings. The molecule has 5 aromatic rings. The van der Waals surface area contributed by atoms with Crippen molar-refractivity contribution in [1.29, 1.82) is 0 Å². The topological polar surface area (TPSA) is 179 Å². The van der Waals surface area contributed by atoms with E-state index in [2.05, 4.69) is 32.3 Å². The Kier molecular flexibility index (Phi) is 14.3. The molecule has 1 amide bonds. The third kappa shape index (κ3) is 11.3. The summed E-state index contributed by atoms with van der Waals surface area (Å²) in [5.74, 6) is -5.66. The number of aromatic nitrogens is 5. The number of pyridine rings is 1. The summed E-state index contributed by atoms with van der Waals surface area (Å²) in [5.41, 5.74) is -6.62. The number of nitrogens with zero attached hydrogens (tertiary/aromatic N) is 6. The number of hydrogen-bond donors (Lipinski definition) is 2. The Morgan fingerprint density at radius 2 is 1.64 bits per heavy atom. The zero-order valence-corrected chi connectivity index (χ0v) is 41.0. The molecule has 0 saturated heterocycles. The molecule has 0 bridgehead atoms. The number of nitrogens with one attached hydrogen (secondary N) is 1. The van der Waals surface area contributed by atoms with Crippen LogP contribution >= 0.6 is 11.6 Å². The van der Waals surface area contributed by atoms with E-state index in [0.29, 0.717) is 15.1 Å². The Labute approximate surface area is 411 Å². The van der Waals surface area contributed by atoms with Crippen molar-refractivity contribution in [2.24, 2.45) is 11.3 Å². The van der Waals surface area contributed by atoms with Gasteiger partial charge in [-0.05, 0) is 95.2 Å². The van der Waals surface area contributed by atoms with E-state index < -0.39 is 146 Å². The first-order valence-electron chi connectivity index (χ1n) is 21.4. The fourth-order valence-electron chi connectivity index (χ4n) is 8.12. The number of rotatable bonds is 14. The van der Waals surface area contributed by atoms with Crippen molar-refractivity contribution >= 4 is 55.5 Å². The summed E-state index contributed by atoms with van der Waals surface area (Å²) in [5, 5.41) is 9.47. The van der Waals surface area contributed by atoms with Gasteiger partial charge in [-0.2, -0.15) is 49.6 Å². The highest BCUT2D eigenvalue weighted by molar-refractivity contribution is 7.92. The fourth-order valence-corrected chi connectivity index (χ4v) is 9.00. The quantitative estimate of drug-likeness (QED) is 0.0359. The fraction of sp³-hybridized carbons (Fsp3) is 0.444. The average Bonchev–Trinajstić information content (AvgIpc) is 3.75. The lowest BCUT2D eigenvalue weighted by Gasteiger charge is -2.23. The summed E-state index contributed by atoms with van der Waals surface area (Å²) in [6.45, 7) is 2.30. The Morgan fingerprint density at radius 3 is 2.22 bits per heavy atom. The number of sulfone groups is 1. The van der Waals surface area contributed by atoms with E-state index in [1.54, 1.807) is 0 Å². The Balaban J connectivity index is 1.44. The zero-order valence-electron chi connectivity index (χ0n) is 38.6. The number of hydrogen-bond acceptors (Lipinski definition) is 9. The minimum Gasteiger partial charge on any atom is -0.448 e. The van der Waals surface area contributed by atoms with E-state index in [4.69, 9.17) is 16.3 Å². The van der Waals surface area contributed by atoms with Gasteiger partial charge in [0.25, 0.3) is 5.92 Å². The third-order valence-corrected chi connectivity index (χ3v) is 14.8. The molecule has 0 radical (unpaired) electrons. The summed E-state index contributed by atoms with van der Waals surface area (Å²) in [4.78, 5) is 31.3. The largest absolute Gasteiger partial charge is 0.448 e. The SMILES string of the molecule is CC(C)(C)C(=O)OCN(Cc1nn(CC(F)(F)F)c2c(-c3ccc(C#CC(C)(C)S(C)(=O)=O)nc3C(Cc3cc(F)cc(F)c3)NC(=O)Cn3nc(C(F)(F)F)c4c3C(F)(F)[C@@H]3C[C@H]43)ccc(Cl)c12)S(=O)O. The molecule has 4 atom stereocenters. The molecule has 0 aliphatic heterocycles. The van der Waals surface area contributed by atoms with Crippen LogP contribution in [0.15, 0.2) is 42.5 Å². The highest BCUT2D eigenvalue weighted by Crippen LogP contribution is 2.68. The predicted molar refractivity (Wildman–Crippen MR) is 239 cm³/mol. The first-order valence-corrected chi connectivity index (χ1v) is 24.7. The lowest BCUT2D eigenvalue weighted by atomic mass is 9.93. The molecule has 14 nitrogen and oxygen atoms in total. The summed E-state index contributed by atoms with van der Waals surface area (Å²) in [7, 11) is -3.88. The van der Waals surface area contributed by atoms with Crippen LogP contribution in [0.2, 0.25) is 5.02 Å². The van der Waals surface area contributed by atoms with E-state index in [-0.39, 0.29) is 55.3 Å². The number of amides is 1. The smallest absolute Gasteiger partial charge is 0.435 e. The Bertz CT molecular complexity index is 3190. The number of esters is 1. The number of benzene rings is 2. The molecule has 2 aromatic carbocycles. The molecule has 3 heterocycles. The second kappa shape index (κ2) is 19.0. The molecule has 1 saturated carbocycles. The number of alkyl halides is 8. The van der Waals surface area contributed by atoms with Crippen molar-refractivity contribution in [1.82, 2.24) is 34.2 Å².